The van der Waals surface area contributed by atoms with Crippen LogP contribution in [-0.4, -0.2) is 17.6 Å². The molecule has 0 fully saturated rings. The Balaban J connectivity index is 1.86. The third kappa shape index (κ3) is 6.19. The first kappa shape index (κ1) is 22.1. The van der Waals surface area contributed by atoms with Crippen molar-refractivity contribution in [1.82, 2.24) is 5.32 Å². The van der Waals surface area contributed by atoms with Gasteiger partial charge in [-0.3, -0.25) is 4.79 Å². The van der Waals surface area contributed by atoms with Crippen molar-refractivity contribution in [3.63, 3.8) is 0 Å². The van der Waals surface area contributed by atoms with Crippen molar-refractivity contribution in [1.29, 1.82) is 0 Å². The Morgan fingerprint density at radius 2 is 1.45 bits per heavy atom. The lowest BCUT2D eigenvalue weighted by Gasteiger charge is -2.24. The molecule has 1 unspecified atom stereocenters. The van der Waals surface area contributed by atoms with Crippen LogP contribution in [-0.2, 0) is 9.53 Å². The fourth-order valence-corrected chi connectivity index (χ4v) is 3.14. The summed E-state index contributed by atoms with van der Waals surface area (Å²) in [5, 5.41) is 5.68. The molecule has 0 aliphatic heterocycles. The number of anilines is 1. The maximum Gasteiger partial charge on any atom is 0.408 e. The van der Waals surface area contributed by atoms with Gasteiger partial charge in [-0.05, 0) is 56.0 Å². The Morgan fingerprint density at radius 3 is 2.06 bits per heavy atom. The summed E-state index contributed by atoms with van der Waals surface area (Å²) in [5.41, 5.74) is 3.68. The number of ether oxygens (including phenoxy) is 1. The molecular formula is C26H28N2O3. The SMILES string of the molecule is Cc1ccc(-c2ccccc2)cc1NC(=O)C(NC(=O)OC(C)(C)C)c1ccccc1. The standard InChI is InChI=1S/C26H28N2O3/c1-18-15-16-21(19-11-7-5-8-12-19)17-22(18)27-24(29)23(20-13-9-6-10-14-20)28-25(30)31-26(2,3)4/h5-17,23H,1-4H3,(H,27,29)(H,28,30). The molecule has 3 aromatic carbocycles. The van der Waals surface area contributed by atoms with Gasteiger partial charge in [0.15, 0.2) is 0 Å². The predicted octanol–water partition coefficient (Wildman–Crippen LogP) is 5.87. The van der Waals surface area contributed by atoms with Gasteiger partial charge in [0.05, 0.1) is 0 Å². The number of hydrogen-bond acceptors (Lipinski definition) is 3. The first-order valence-corrected chi connectivity index (χ1v) is 10.2. The van der Waals surface area contributed by atoms with Gasteiger partial charge in [-0.1, -0.05) is 72.8 Å². The Labute approximate surface area is 183 Å². The van der Waals surface area contributed by atoms with Crippen LogP contribution in [0.3, 0.4) is 0 Å². The van der Waals surface area contributed by atoms with Gasteiger partial charge in [-0.25, -0.2) is 4.79 Å². The molecule has 0 aliphatic rings. The highest BCUT2D eigenvalue weighted by atomic mass is 16.6. The molecule has 0 saturated carbocycles. The highest BCUT2D eigenvalue weighted by Crippen LogP contribution is 2.26. The van der Waals surface area contributed by atoms with Crippen molar-refractivity contribution in [2.75, 3.05) is 5.32 Å². The van der Waals surface area contributed by atoms with Gasteiger partial charge in [-0.2, -0.15) is 0 Å². The summed E-state index contributed by atoms with van der Waals surface area (Å²) in [6.45, 7) is 7.27. The van der Waals surface area contributed by atoms with Crippen LogP contribution in [0.4, 0.5) is 10.5 Å². The lowest BCUT2D eigenvalue weighted by atomic mass is 10.0. The van der Waals surface area contributed by atoms with Crippen LogP contribution in [0.25, 0.3) is 11.1 Å². The number of amides is 2. The molecule has 3 rings (SSSR count). The predicted molar refractivity (Wildman–Crippen MR) is 124 cm³/mol. The third-order valence-electron chi connectivity index (χ3n) is 4.66. The van der Waals surface area contributed by atoms with Gasteiger partial charge in [0.2, 0.25) is 0 Å². The fraction of sp³-hybridized carbons (Fsp3) is 0.231. The van der Waals surface area contributed by atoms with Crippen LogP contribution in [0.2, 0.25) is 0 Å². The zero-order chi connectivity index (χ0) is 22.4. The molecular weight excluding hydrogens is 388 g/mol. The molecule has 0 spiro atoms. The number of alkyl carbamates (subject to hydrolysis) is 1. The molecule has 31 heavy (non-hydrogen) atoms. The summed E-state index contributed by atoms with van der Waals surface area (Å²) in [6, 6.07) is 24.1. The van der Waals surface area contributed by atoms with E-state index in [0.717, 1.165) is 16.7 Å². The number of nitrogens with one attached hydrogen (secondary N) is 2. The second-order valence-electron chi connectivity index (χ2n) is 8.37. The van der Waals surface area contributed by atoms with Crippen molar-refractivity contribution < 1.29 is 14.3 Å². The molecule has 0 aliphatic carbocycles. The maximum absolute atomic E-state index is 13.2. The van der Waals surface area contributed by atoms with Crippen molar-refractivity contribution >= 4 is 17.7 Å². The van der Waals surface area contributed by atoms with E-state index in [1.54, 1.807) is 32.9 Å². The van der Waals surface area contributed by atoms with Gasteiger partial charge >= 0.3 is 6.09 Å². The highest BCUT2D eigenvalue weighted by molar-refractivity contribution is 5.98. The zero-order valence-electron chi connectivity index (χ0n) is 18.3. The summed E-state index contributed by atoms with van der Waals surface area (Å²) in [5.74, 6) is -0.342. The summed E-state index contributed by atoms with van der Waals surface area (Å²) < 4.78 is 5.36. The number of benzene rings is 3. The van der Waals surface area contributed by atoms with Crippen LogP contribution < -0.4 is 10.6 Å². The molecule has 5 heteroatoms. The molecule has 2 amide bonds. The lowest BCUT2D eigenvalue weighted by molar-refractivity contribution is -0.118. The van der Waals surface area contributed by atoms with E-state index in [-0.39, 0.29) is 5.91 Å². The van der Waals surface area contributed by atoms with E-state index < -0.39 is 17.7 Å². The molecule has 5 nitrogen and oxygen atoms in total. The first-order chi connectivity index (χ1) is 14.7. The maximum atomic E-state index is 13.2. The zero-order valence-corrected chi connectivity index (χ0v) is 18.3. The first-order valence-electron chi connectivity index (χ1n) is 10.2. The number of aryl methyl sites for hydroxylation is 1. The van der Waals surface area contributed by atoms with Gasteiger partial charge in [0, 0.05) is 5.69 Å². The minimum atomic E-state index is -0.893. The van der Waals surface area contributed by atoms with E-state index in [0.29, 0.717) is 11.3 Å². The second-order valence-corrected chi connectivity index (χ2v) is 8.37. The van der Waals surface area contributed by atoms with Gasteiger partial charge in [0.25, 0.3) is 5.91 Å². The molecule has 0 heterocycles. The Morgan fingerprint density at radius 1 is 0.839 bits per heavy atom. The highest BCUT2D eigenvalue weighted by Gasteiger charge is 2.26. The van der Waals surface area contributed by atoms with Crippen molar-refractivity contribution in [2.24, 2.45) is 0 Å². The molecule has 0 bridgehead atoms. The minimum Gasteiger partial charge on any atom is -0.444 e. The smallest absolute Gasteiger partial charge is 0.408 e. The van der Waals surface area contributed by atoms with Gasteiger partial charge in [0.1, 0.15) is 11.6 Å². The van der Waals surface area contributed by atoms with Gasteiger partial charge < -0.3 is 15.4 Å². The Hall–Kier alpha value is -3.60. The Kier molecular flexibility index (Phi) is 6.75. The van der Waals surface area contributed by atoms with Crippen molar-refractivity contribution in [2.45, 2.75) is 39.3 Å². The van der Waals surface area contributed by atoms with E-state index in [1.165, 1.54) is 0 Å². The van der Waals surface area contributed by atoms with Crippen LogP contribution in [0.1, 0.15) is 37.9 Å². The number of carbonyl (C=O) groups excluding carboxylic acids is 2. The van der Waals surface area contributed by atoms with Crippen LogP contribution >= 0.6 is 0 Å². The normalized spacial score (nSPS) is 12.0. The largest absolute Gasteiger partial charge is 0.444 e. The van der Waals surface area contributed by atoms with Crippen LogP contribution in [0.15, 0.2) is 78.9 Å². The molecule has 160 valence electrons. The van der Waals surface area contributed by atoms with Crippen LogP contribution in [0, 0.1) is 6.92 Å². The summed E-state index contributed by atoms with van der Waals surface area (Å²) in [6.07, 6.45) is -0.647. The average molecular weight is 417 g/mol. The third-order valence-corrected chi connectivity index (χ3v) is 4.66. The average Bonchev–Trinajstić information content (AvgIpc) is 2.73. The molecule has 0 saturated heterocycles. The molecule has 0 radical (unpaired) electrons. The van der Waals surface area contributed by atoms with E-state index in [4.69, 9.17) is 4.74 Å². The summed E-state index contributed by atoms with van der Waals surface area (Å²) in [7, 11) is 0. The van der Waals surface area contributed by atoms with Crippen LogP contribution in [0.5, 0.6) is 0 Å². The van der Waals surface area contributed by atoms with E-state index in [9.17, 15) is 9.59 Å². The molecule has 0 aromatic heterocycles. The van der Waals surface area contributed by atoms with E-state index in [2.05, 4.69) is 10.6 Å². The monoisotopic (exact) mass is 416 g/mol. The number of rotatable bonds is 5. The summed E-state index contributed by atoms with van der Waals surface area (Å²) in [4.78, 5) is 25.6. The van der Waals surface area contributed by atoms with Gasteiger partial charge in [-0.15, -0.1) is 0 Å². The number of hydrogen-bond donors (Lipinski definition) is 2. The molecule has 2 N–H and O–H groups in total. The topological polar surface area (TPSA) is 67.4 Å². The van der Waals surface area contributed by atoms with E-state index in [1.807, 2.05) is 73.7 Å². The summed E-state index contributed by atoms with van der Waals surface area (Å²) >= 11 is 0. The number of carbonyl (C=O) groups is 2. The Bertz CT molecular complexity index is 1040. The molecule has 1 atom stereocenters. The van der Waals surface area contributed by atoms with E-state index >= 15 is 0 Å². The second kappa shape index (κ2) is 9.47. The quantitative estimate of drug-likeness (QED) is 0.547. The minimum absolute atomic E-state index is 0.342. The van der Waals surface area contributed by atoms with Crippen molar-refractivity contribution in [3.05, 3.63) is 90.0 Å². The fourth-order valence-electron chi connectivity index (χ4n) is 3.14. The van der Waals surface area contributed by atoms with Crippen molar-refractivity contribution in [3.8, 4) is 11.1 Å². The molecule has 3 aromatic rings. The lowest BCUT2D eigenvalue weighted by Crippen LogP contribution is -2.40.